The van der Waals surface area contributed by atoms with Crippen molar-refractivity contribution in [1.82, 2.24) is 5.16 Å². The topological polar surface area (TPSA) is 81.4 Å². The fraction of sp³-hybridized carbons (Fsp3) is 0.500. The maximum atomic E-state index is 12.6. The number of aromatic nitrogens is 1. The Hall–Kier alpha value is -2.15. The molecule has 0 aliphatic heterocycles. The lowest BCUT2D eigenvalue weighted by atomic mass is 10.1. The summed E-state index contributed by atoms with van der Waals surface area (Å²) in [5.41, 5.74) is 2.49. The van der Waals surface area contributed by atoms with Gasteiger partial charge in [-0.25, -0.2) is 4.79 Å². The number of hydrogen-bond acceptors (Lipinski definition) is 6. The number of carbonyl (C=O) groups excluding carboxylic acids is 2. The van der Waals surface area contributed by atoms with E-state index in [0.29, 0.717) is 28.5 Å². The van der Waals surface area contributed by atoms with E-state index in [2.05, 4.69) is 10.5 Å². The van der Waals surface area contributed by atoms with Gasteiger partial charge in [0.25, 0.3) is 5.91 Å². The minimum absolute atomic E-state index is 0.246. The van der Waals surface area contributed by atoms with Crippen LogP contribution in [0.2, 0.25) is 0 Å². The van der Waals surface area contributed by atoms with Crippen LogP contribution in [0.3, 0.4) is 0 Å². The van der Waals surface area contributed by atoms with Crippen LogP contribution in [0.1, 0.15) is 68.8 Å². The van der Waals surface area contributed by atoms with Crippen molar-refractivity contribution < 1.29 is 18.8 Å². The molecule has 7 heteroatoms. The molecule has 0 bridgehead atoms. The first-order chi connectivity index (χ1) is 12.0. The minimum atomic E-state index is -0.370. The van der Waals surface area contributed by atoms with Crippen LogP contribution < -0.4 is 5.32 Å². The van der Waals surface area contributed by atoms with Crippen LogP contribution >= 0.6 is 11.3 Å². The van der Waals surface area contributed by atoms with E-state index in [0.717, 1.165) is 37.7 Å². The Morgan fingerprint density at radius 1 is 1.24 bits per heavy atom. The Balaban J connectivity index is 1.96. The second kappa shape index (κ2) is 7.39. The van der Waals surface area contributed by atoms with Crippen molar-refractivity contribution in [2.45, 2.75) is 52.9 Å². The van der Waals surface area contributed by atoms with Gasteiger partial charge in [0.1, 0.15) is 10.8 Å². The predicted octanol–water partition coefficient (Wildman–Crippen LogP) is 4.05. The van der Waals surface area contributed by atoms with Crippen LogP contribution in [0.15, 0.2) is 4.52 Å². The van der Waals surface area contributed by atoms with E-state index in [1.54, 1.807) is 20.8 Å². The predicted molar refractivity (Wildman–Crippen MR) is 95.5 cm³/mol. The van der Waals surface area contributed by atoms with E-state index in [-0.39, 0.29) is 17.6 Å². The van der Waals surface area contributed by atoms with Gasteiger partial charge in [0.15, 0.2) is 5.69 Å². The molecule has 0 aromatic carbocycles. The van der Waals surface area contributed by atoms with Gasteiger partial charge in [-0.15, -0.1) is 11.3 Å². The minimum Gasteiger partial charge on any atom is -0.462 e. The number of ether oxygens (including phenoxy) is 1. The van der Waals surface area contributed by atoms with Crippen LogP contribution in [0, 0.1) is 13.8 Å². The van der Waals surface area contributed by atoms with Gasteiger partial charge in [0.05, 0.1) is 12.2 Å². The zero-order valence-electron chi connectivity index (χ0n) is 14.7. The average molecular weight is 362 g/mol. The van der Waals surface area contributed by atoms with E-state index >= 15 is 0 Å². The summed E-state index contributed by atoms with van der Waals surface area (Å²) in [4.78, 5) is 26.3. The Morgan fingerprint density at radius 3 is 2.68 bits per heavy atom. The molecular weight excluding hydrogens is 340 g/mol. The number of nitrogens with one attached hydrogen (secondary N) is 1. The lowest BCUT2D eigenvalue weighted by Crippen LogP contribution is -2.16. The summed E-state index contributed by atoms with van der Waals surface area (Å²) in [5, 5.41) is 7.23. The molecule has 1 N–H and O–H groups in total. The largest absolute Gasteiger partial charge is 0.462 e. The number of rotatable bonds is 4. The molecule has 1 amide bonds. The highest BCUT2D eigenvalue weighted by Crippen LogP contribution is 2.38. The monoisotopic (exact) mass is 362 g/mol. The van der Waals surface area contributed by atoms with Crippen LogP contribution in [0.4, 0.5) is 5.00 Å². The summed E-state index contributed by atoms with van der Waals surface area (Å²) in [5.74, 6) is -0.126. The van der Waals surface area contributed by atoms with Crippen molar-refractivity contribution >= 4 is 28.2 Å². The Labute approximate surface area is 150 Å². The third-order valence-electron chi connectivity index (χ3n) is 4.50. The van der Waals surface area contributed by atoms with Crippen molar-refractivity contribution in [3.63, 3.8) is 0 Å². The van der Waals surface area contributed by atoms with Gasteiger partial charge in [0, 0.05) is 10.4 Å². The molecule has 2 aromatic rings. The third-order valence-corrected chi connectivity index (χ3v) is 5.71. The number of carbonyl (C=O) groups is 2. The normalized spacial score (nSPS) is 13.9. The molecule has 134 valence electrons. The van der Waals surface area contributed by atoms with E-state index in [9.17, 15) is 9.59 Å². The summed E-state index contributed by atoms with van der Waals surface area (Å²) >= 11 is 1.47. The summed E-state index contributed by atoms with van der Waals surface area (Å²) in [6.45, 7) is 5.63. The number of hydrogen-bond donors (Lipinski definition) is 1. The average Bonchev–Trinajstić information content (AvgIpc) is 2.99. The fourth-order valence-corrected chi connectivity index (χ4v) is 4.31. The SMILES string of the molecule is CCOC(=O)c1c(NC(=O)c2noc(C)c2C)sc2c1CCCCC2. The van der Waals surface area contributed by atoms with Crippen molar-refractivity contribution in [2.75, 3.05) is 11.9 Å². The van der Waals surface area contributed by atoms with Gasteiger partial charge in [-0.3, -0.25) is 4.79 Å². The van der Waals surface area contributed by atoms with Crippen LogP contribution in [-0.2, 0) is 17.6 Å². The molecule has 0 atom stereocenters. The zero-order chi connectivity index (χ0) is 18.0. The summed E-state index contributed by atoms with van der Waals surface area (Å²) in [6, 6.07) is 0. The molecule has 1 aliphatic carbocycles. The molecule has 0 fully saturated rings. The molecule has 2 aromatic heterocycles. The van der Waals surface area contributed by atoms with Crippen LogP contribution in [0.5, 0.6) is 0 Å². The molecule has 3 rings (SSSR count). The highest BCUT2D eigenvalue weighted by atomic mass is 32.1. The van der Waals surface area contributed by atoms with Gasteiger partial charge in [0.2, 0.25) is 0 Å². The van der Waals surface area contributed by atoms with Crippen LogP contribution in [0.25, 0.3) is 0 Å². The smallest absolute Gasteiger partial charge is 0.341 e. The Kier molecular flexibility index (Phi) is 5.22. The number of aryl methyl sites for hydroxylation is 2. The first-order valence-corrected chi connectivity index (χ1v) is 9.40. The van der Waals surface area contributed by atoms with E-state index in [4.69, 9.17) is 9.26 Å². The van der Waals surface area contributed by atoms with Gasteiger partial charge in [-0.1, -0.05) is 11.6 Å². The quantitative estimate of drug-likeness (QED) is 0.655. The number of nitrogens with zero attached hydrogens (tertiary/aromatic N) is 1. The maximum Gasteiger partial charge on any atom is 0.341 e. The van der Waals surface area contributed by atoms with Crippen molar-refractivity contribution in [2.24, 2.45) is 0 Å². The first-order valence-electron chi connectivity index (χ1n) is 8.58. The molecule has 0 unspecified atom stereocenters. The van der Waals surface area contributed by atoms with Gasteiger partial charge in [-0.2, -0.15) is 0 Å². The first kappa shape index (κ1) is 17.7. The lowest BCUT2D eigenvalue weighted by Gasteiger charge is -2.08. The molecule has 1 aliphatic rings. The number of anilines is 1. The Bertz CT molecular complexity index is 806. The van der Waals surface area contributed by atoms with Crippen LogP contribution in [-0.4, -0.2) is 23.6 Å². The summed E-state index contributed by atoms with van der Waals surface area (Å²) in [6.07, 6.45) is 5.08. The molecule has 0 saturated carbocycles. The number of fused-ring (bicyclic) bond motifs is 1. The van der Waals surface area contributed by atoms with Crippen molar-refractivity contribution in [3.8, 4) is 0 Å². The molecule has 2 heterocycles. The number of thiophene rings is 1. The fourth-order valence-electron chi connectivity index (χ4n) is 3.04. The van der Waals surface area contributed by atoms with Crippen molar-refractivity contribution in [3.05, 3.63) is 33.0 Å². The molecule has 6 nitrogen and oxygen atoms in total. The summed E-state index contributed by atoms with van der Waals surface area (Å²) in [7, 11) is 0. The lowest BCUT2D eigenvalue weighted by molar-refractivity contribution is 0.0527. The molecule has 0 radical (unpaired) electrons. The second-order valence-electron chi connectivity index (χ2n) is 6.16. The molecule has 0 saturated heterocycles. The third kappa shape index (κ3) is 3.46. The van der Waals surface area contributed by atoms with E-state index in [1.807, 2.05) is 0 Å². The molecular formula is C18H22N2O4S. The standard InChI is InChI=1S/C18H22N2O4S/c1-4-23-18(22)14-12-8-6-5-7-9-13(12)25-17(14)19-16(21)15-10(2)11(3)24-20-15/h4-9H2,1-3H3,(H,19,21). The zero-order valence-corrected chi connectivity index (χ0v) is 15.5. The van der Waals surface area contributed by atoms with Gasteiger partial charge >= 0.3 is 5.97 Å². The highest BCUT2D eigenvalue weighted by Gasteiger charge is 2.27. The van der Waals surface area contributed by atoms with Crippen molar-refractivity contribution in [1.29, 1.82) is 0 Å². The summed E-state index contributed by atoms with van der Waals surface area (Å²) < 4.78 is 10.3. The number of esters is 1. The van der Waals surface area contributed by atoms with Gasteiger partial charge in [-0.05, 0) is 52.0 Å². The van der Waals surface area contributed by atoms with E-state index in [1.165, 1.54) is 16.2 Å². The molecule has 0 spiro atoms. The molecule has 25 heavy (non-hydrogen) atoms. The van der Waals surface area contributed by atoms with E-state index < -0.39 is 0 Å². The Morgan fingerprint density at radius 2 is 2.00 bits per heavy atom. The van der Waals surface area contributed by atoms with Gasteiger partial charge < -0.3 is 14.6 Å². The number of amides is 1. The second-order valence-corrected chi connectivity index (χ2v) is 7.26. The highest BCUT2D eigenvalue weighted by molar-refractivity contribution is 7.17. The maximum absolute atomic E-state index is 12.6.